The van der Waals surface area contributed by atoms with Gasteiger partial charge in [0, 0.05) is 17.1 Å². The number of unbranched alkanes of at least 4 members (excludes halogenated alkanes) is 1. The molecule has 0 saturated carbocycles. The van der Waals surface area contributed by atoms with Gasteiger partial charge in [0.25, 0.3) is 11.7 Å². The highest BCUT2D eigenvalue weighted by Crippen LogP contribution is 2.40. The predicted octanol–water partition coefficient (Wildman–Crippen LogP) is 4.96. The molecule has 2 aromatic carbocycles. The number of benzene rings is 2. The maximum absolute atomic E-state index is 12.9. The minimum Gasteiger partial charge on any atom is -0.507 e. The van der Waals surface area contributed by atoms with Gasteiger partial charge in [0.15, 0.2) is 0 Å². The van der Waals surface area contributed by atoms with E-state index in [1.807, 2.05) is 26.0 Å². The molecule has 1 amide bonds. The Morgan fingerprint density at radius 3 is 2.48 bits per heavy atom. The lowest BCUT2D eigenvalue weighted by molar-refractivity contribution is -0.139. The number of hydrogen-bond donors (Lipinski definition) is 1. The summed E-state index contributed by atoms with van der Waals surface area (Å²) in [5.41, 5.74) is 1.23. The fourth-order valence-corrected chi connectivity index (χ4v) is 3.68. The van der Waals surface area contributed by atoms with Gasteiger partial charge in [0.05, 0.1) is 18.2 Å². The fraction of sp³-hybridized carbons (Fsp3) is 0.304. The first-order valence-electron chi connectivity index (χ1n) is 9.75. The van der Waals surface area contributed by atoms with Crippen LogP contribution in [0.5, 0.6) is 5.75 Å². The number of ether oxygens (including phenoxy) is 1. The number of carbonyl (C=O) groups excluding carboxylic acids is 2. The van der Waals surface area contributed by atoms with Crippen molar-refractivity contribution in [3.63, 3.8) is 0 Å². The quantitative estimate of drug-likeness (QED) is 0.395. The van der Waals surface area contributed by atoms with Crippen molar-refractivity contribution in [3.8, 4) is 5.75 Å². The number of hydrogen-bond acceptors (Lipinski definition) is 4. The first kappa shape index (κ1) is 20.9. The molecule has 1 heterocycles. The average Bonchev–Trinajstić information content (AvgIpc) is 2.97. The number of rotatable bonds is 7. The number of aliphatic hydroxyl groups is 1. The third kappa shape index (κ3) is 4.30. The molecule has 1 fully saturated rings. The second-order valence-corrected chi connectivity index (χ2v) is 7.29. The van der Waals surface area contributed by atoms with Crippen molar-refractivity contribution in [3.05, 3.63) is 70.3 Å². The zero-order valence-corrected chi connectivity index (χ0v) is 17.3. The number of amides is 1. The van der Waals surface area contributed by atoms with Crippen LogP contribution in [-0.2, 0) is 9.59 Å². The average molecular weight is 414 g/mol. The number of nitrogens with zero attached hydrogens (tertiary/aromatic N) is 1. The van der Waals surface area contributed by atoms with E-state index in [0.717, 1.165) is 18.4 Å². The van der Waals surface area contributed by atoms with E-state index in [2.05, 4.69) is 0 Å². The Labute approximate surface area is 175 Å². The molecule has 0 aromatic heterocycles. The van der Waals surface area contributed by atoms with Gasteiger partial charge in [-0.3, -0.25) is 9.59 Å². The van der Waals surface area contributed by atoms with E-state index in [1.165, 1.54) is 4.90 Å². The van der Waals surface area contributed by atoms with Crippen molar-refractivity contribution in [2.75, 3.05) is 13.2 Å². The van der Waals surface area contributed by atoms with E-state index in [-0.39, 0.29) is 11.3 Å². The predicted molar refractivity (Wildman–Crippen MR) is 113 cm³/mol. The Balaban J connectivity index is 2.12. The summed E-state index contributed by atoms with van der Waals surface area (Å²) in [4.78, 5) is 27.2. The van der Waals surface area contributed by atoms with Gasteiger partial charge in [-0.05, 0) is 43.2 Å². The van der Waals surface area contributed by atoms with E-state index >= 15 is 0 Å². The van der Waals surface area contributed by atoms with Gasteiger partial charge in [-0.15, -0.1) is 0 Å². The lowest BCUT2D eigenvalue weighted by Gasteiger charge is -2.25. The van der Waals surface area contributed by atoms with Gasteiger partial charge in [-0.25, -0.2) is 0 Å². The smallest absolute Gasteiger partial charge is 0.295 e. The molecule has 3 rings (SSSR count). The molecule has 6 heteroatoms. The van der Waals surface area contributed by atoms with Crippen molar-refractivity contribution in [2.24, 2.45) is 0 Å². The molecule has 1 aliphatic heterocycles. The van der Waals surface area contributed by atoms with E-state index in [4.69, 9.17) is 16.3 Å². The highest BCUT2D eigenvalue weighted by atomic mass is 35.5. The maximum atomic E-state index is 12.9. The Morgan fingerprint density at radius 1 is 1.14 bits per heavy atom. The fourth-order valence-electron chi connectivity index (χ4n) is 3.49. The number of ketones is 1. The normalized spacial score (nSPS) is 18.3. The molecule has 1 saturated heterocycles. The van der Waals surface area contributed by atoms with Crippen molar-refractivity contribution >= 4 is 29.1 Å². The van der Waals surface area contributed by atoms with Crippen molar-refractivity contribution < 1.29 is 19.4 Å². The van der Waals surface area contributed by atoms with E-state index in [9.17, 15) is 14.7 Å². The number of likely N-dealkylation sites (tertiary alicyclic amines) is 1. The maximum Gasteiger partial charge on any atom is 0.295 e. The van der Waals surface area contributed by atoms with Gasteiger partial charge < -0.3 is 14.7 Å². The lowest BCUT2D eigenvalue weighted by Crippen LogP contribution is -2.30. The summed E-state index contributed by atoms with van der Waals surface area (Å²) in [6.07, 6.45) is 1.64. The zero-order chi connectivity index (χ0) is 21.0. The first-order chi connectivity index (χ1) is 14.0. The molecule has 0 radical (unpaired) electrons. The monoisotopic (exact) mass is 413 g/mol. The highest BCUT2D eigenvalue weighted by molar-refractivity contribution is 6.46. The first-order valence-corrected chi connectivity index (χ1v) is 10.1. The standard InChI is InChI=1S/C23H24ClNO4/c1-3-5-13-25-20(15-9-11-18(12-10-15)29-4-2)19(22(27)23(25)28)21(26)16-7-6-8-17(24)14-16/h6-12,14,20,26H,3-5,13H2,1-2H3/b21-19-. The SMILES string of the molecule is CCCCN1C(=O)C(=O)/C(=C(\O)c2cccc(Cl)c2)C1c1ccc(OCC)cc1. The van der Waals surface area contributed by atoms with Gasteiger partial charge in [0.2, 0.25) is 0 Å². The largest absolute Gasteiger partial charge is 0.507 e. The van der Waals surface area contributed by atoms with Crippen LogP contribution in [0.15, 0.2) is 54.1 Å². The van der Waals surface area contributed by atoms with Crippen LogP contribution < -0.4 is 4.74 Å². The highest BCUT2D eigenvalue weighted by Gasteiger charge is 2.45. The van der Waals surface area contributed by atoms with E-state index < -0.39 is 17.7 Å². The minimum atomic E-state index is -0.683. The zero-order valence-electron chi connectivity index (χ0n) is 16.5. The van der Waals surface area contributed by atoms with Crippen molar-refractivity contribution in [1.82, 2.24) is 4.90 Å². The molecule has 0 bridgehead atoms. The lowest BCUT2D eigenvalue weighted by atomic mass is 9.95. The van der Waals surface area contributed by atoms with Crippen LogP contribution in [0.1, 0.15) is 43.9 Å². The molecule has 1 N–H and O–H groups in total. The summed E-state index contributed by atoms with van der Waals surface area (Å²) >= 11 is 6.05. The van der Waals surface area contributed by atoms with Crippen LogP contribution in [0.4, 0.5) is 0 Å². The number of halogens is 1. The van der Waals surface area contributed by atoms with Crippen molar-refractivity contribution in [1.29, 1.82) is 0 Å². The van der Waals surface area contributed by atoms with Crippen LogP contribution in [0, 0.1) is 0 Å². The van der Waals surface area contributed by atoms with Gasteiger partial charge in [-0.1, -0.05) is 49.2 Å². The van der Waals surface area contributed by atoms with Crippen molar-refractivity contribution in [2.45, 2.75) is 32.7 Å². The molecule has 2 aromatic rings. The Bertz CT molecular complexity index is 936. The second-order valence-electron chi connectivity index (χ2n) is 6.86. The topological polar surface area (TPSA) is 66.8 Å². The van der Waals surface area contributed by atoms with Crippen LogP contribution >= 0.6 is 11.6 Å². The summed E-state index contributed by atoms with van der Waals surface area (Å²) in [5.74, 6) is -0.793. The molecular formula is C23H24ClNO4. The number of aliphatic hydroxyl groups excluding tert-OH is 1. The van der Waals surface area contributed by atoms with Gasteiger partial charge >= 0.3 is 0 Å². The van der Waals surface area contributed by atoms with Crippen LogP contribution in [-0.4, -0.2) is 34.8 Å². The molecule has 29 heavy (non-hydrogen) atoms. The summed E-state index contributed by atoms with van der Waals surface area (Å²) in [6.45, 7) is 4.90. The van der Waals surface area contributed by atoms with E-state index in [0.29, 0.717) is 29.5 Å². The molecule has 0 spiro atoms. The molecule has 1 aliphatic rings. The number of carbonyl (C=O) groups is 2. The Kier molecular flexibility index (Phi) is 6.60. The summed E-state index contributed by atoms with van der Waals surface area (Å²) in [6, 6.07) is 13.2. The molecule has 152 valence electrons. The third-order valence-corrected chi connectivity index (χ3v) is 5.13. The van der Waals surface area contributed by atoms with Gasteiger partial charge in [-0.2, -0.15) is 0 Å². The van der Waals surface area contributed by atoms with Crippen LogP contribution in [0.3, 0.4) is 0 Å². The summed E-state index contributed by atoms with van der Waals surface area (Å²) in [7, 11) is 0. The third-order valence-electron chi connectivity index (χ3n) is 4.90. The Morgan fingerprint density at radius 2 is 1.86 bits per heavy atom. The molecule has 5 nitrogen and oxygen atoms in total. The molecule has 0 aliphatic carbocycles. The minimum absolute atomic E-state index is 0.0810. The number of Topliss-reactive ketones (excluding diaryl/α,β-unsaturated/α-hetero) is 1. The van der Waals surface area contributed by atoms with Crippen LogP contribution in [0.25, 0.3) is 5.76 Å². The van der Waals surface area contributed by atoms with Gasteiger partial charge in [0.1, 0.15) is 11.5 Å². The van der Waals surface area contributed by atoms with E-state index in [1.54, 1.807) is 36.4 Å². The molecule has 1 unspecified atom stereocenters. The second kappa shape index (κ2) is 9.14. The summed E-state index contributed by atoms with van der Waals surface area (Å²) < 4.78 is 5.49. The Hall–Kier alpha value is -2.79. The molecule has 1 atom stereocenters. The summed E-state index contributed by atoms with van der Waals surface area (Å²) in [5, 5.41) is 11.4. The molecular weight excluding hydrogens is 390 g/mol. The van der Waals surface area contributed by atoms with Crippen LogP contribution in [0.2, 0.25) is 5.02 Å².